The minimum atomic E-state index is -0.385. The van der Waals surface area contributed by atoms with E-state index in [0.29, 0.717) is 44.8 Å². The molecule has 0 aromatic heterocycles. The van der Waals surface area contributed by atoms with Crippen molar-refractivity contribution >= 4 is 29.0 Å². The van der Waals surface area contributed by atoms with Gasteiger partial charge in [0.2, 0.25) is 0 Å². The first-order valence-electron chi connectivity index (χ1n) is 22.7. The third-order valence-corrected chi connectivity index (χ3v) is 13.3. The van der Waals surface area contributed by atoms with Crippen LogP contribution in [0.5, 0.6) is 0 Å². The molecule has 0 bridgehead atoms. The molecule has 9 heteroatoms. The van der Waals surface area contributed by atoms with E-state index in [2.05, 4.69) is 160 Å². The lowest BCUT2D eigenvalue weighted by atomic mass is 9.74. The van der Waals surface area contributed by atoms with Crippen molar-refractivity contribution in [1.29, 1.82) is 0 Å². The molecule has 0 radical (unpaired) electrons. The summed E-state index contributed by atoms with van der Waals surface area (Å²) in [5.74, 6) is -0.501. The lowest BCUT2D eigenvalue weighted by molar-refractivity contribution is -0.518. The monoisotopic (exact) mass is 864 g/mol. The lowest BCUT2D eigenvalue weighted by Gasteiger charge is -2.31. The Labute approximate surface area is 380 Å². The Balaban J connectivity index is 1.26. The standard InChI is InChI=1S/C55H66N3O6/c1-38-34-48-47(36-45(38)53(60)64-33-17-31-62-9)55(4,5)50(57(48)7)29-27-40-23-22-39(51(40)58(43-18-12-10-13-19-43)44-20-14-11-15-21-44)26-28-49-54(2,3)46-35-41(24-25-42(46)37-56(49)6)52(59)63-32-16-30-61-8/h10-15,18-21,24-29,35-36,38H,16-17,22-23,30-34,37H2,1-9H3/q+1. The number of ether oxygens (including phenoxy) is 4. The number of fused-ring (bicyclic) bond motifs is 1. The summed E-state index contributed by atoms with van der Waals surface area (Å²) in [6, 6.07) is 27.2. The number of rotatable bonds is 16. The van der Waals surface area contributed by atoms with Crippen molar-refractivity contribution < 1.29 is 33.1 Å². The number of carbonyl (C=O) groups excluding carboxylic acids is 2. The number of anilines is 2. The predicted molar refractivity (Wildman–Crippen MR) is 256 cm³/mol. The number of carbonyl (C=O) groups is 2. The SMILES string of the molecule is COCCCOC(=O)C1=CC2=C(CC1C)N(C)/C(=C/C=C1\CCC(/C=C/C3=[N+](C)Cc4ccc(C(=O)OCCCOC)cc4C3(C)C)=C1N(c1ccccc1)c1ccccc1)C2(C)C. The van der Waals surface area contributed by atoms with Crippen LogP contribution in [-0.2, 0) is 35.7 Å². The lowest BCUT2D eigenvalue weighted by Crippen LogP contribution is -2.39. The molecule has 9 nitrogen and oxygen atoms in total. The summed E-state index contributed by atoms with van der Waals surface area (Å²) in [5.41, 5.74) is 13.6. The average molecular weight is 865 g/mol. The van der Waals surface area contributed by atoms with Crippen LogP contribution in [0.25, 0.3) is 0 Å². The molecule has 2 aliphatic carbocycles. The summed E-state index contributed by atoms with van der Waals surface area (Å²) in [6.45, 7) is 13.6. The van der Waals surface area contributed by atoms with E-state index in [-0.39, 0.29) is 28.7 Å². The second-order valence-corrected chi connectivity index (χ2v) is 18.4. The number of hydrogen-bond acceptors (Lipinski definition) is 8. The second kappa shape index (κ2) is 20.0. The molecule has 0 spiro atoms. The highest BCUT2D eigenvalue weighted by atomic mass is 16.5. The summed E-state index contributed by atoms with van der Waals surface area (Å²) in [6.07, 6.45) is 15.2. The number of allylic oxidation sites excluding steroid dienone is 9. The molecule has 2 heterocycles. The summed E-state index contributed by atoms with van der Waals surface area (Å²) in [7, 11) is 7.63. The quantitative estimate of drug-likeness (QED) is 0.0800. The molecule has 4 aliphatic rings. The van der Waals surface area contributed by atoms with Gasteiger partial charge in [-0.1, -0.05) is 75.4 Å². The minimum absolute atomic E-state index is 0.0444. The zero-order valence-corrected chi connectivity index (χ0v) is 39.3. The summed E-state index contributed by atoms with van der Waals surface area (Å²) >= 11 is 0. The molecule has 64 heavy (non-hydrogen) atoms. The third-order valence-electron chi connectivity index (χ3n) is 13.3. The first kappa shape index (κ1) is 46.2. The van der Waals surface area contributed by atoms with Crippen molar-refractivity contribution in [2.75, 3.05) is 59.6 Å². The van der Waals surface area contributed by atoms with E-state index >= 15 is 0 Å². The van der Waals surface area contributed by atoms with Crippen LogP contribution in [0, 0.1) is 11.3 Å². The fraction of sp³-hybridized carbons (Fsp3) is 0.400. The van der Waals surface area contributed by atoms with Crippen molar-refractivity contribution in [3.8, 4) is 0 Å². The zero-order valence-electron chi connectivity index (χ0n) is 39.3. The average Bonchev–Trinajstić information content (AvgIpc) is 3.75. The molecule has 2 aliphatic heterocycles. The topological polar surface area (TPSA) is 80.5 Å². The van der Waals surface area contributed by atoms with Crippen molar-refractivity contribution in [1.82, 2.24) is 4.90 Å². The second-order valence-electron chi connectivity index (χ2n) is 18.4. The number of para-hydroxylation sites is 2. The summed E-state index contributed by atoms with van der Waals surface area (Å²) < 4.78 is 23.9. The Kier molecular flexibility index (Phi) is 14.4. The number of benzene rings is 3. The molecule has 336 valence electrons. The predicted octanol–water partition coefficient (Wildman–Crippen LogP) is 10.8. The molecule has 0 saturated heterocycles. The number of esters is 2. The van der Waals surface area contributed by atoms with Crippen LogP contribution in [0.3, 0.4) is 0 Å². The van der Waals surface area contributed by atoms with Gasteiger partial charge in [-0.3, -0.25) is 0 Å². The van der Waals surface area contributed by atoms with E-state index in [4.69, 9.17) is 18.9 Å². The highest BCUT2D eigenvalue weighted by molar-refractivity contribution is 6.01. The molecule has 0 N–H and O–H groups in total. The van der Waals surface area contributed by atoms with Crippen molar-refractivity contribution in [3.63, 3.8) is 0 Å². The molecule has 3 aromatic carbocycles. The van der Waals surface area contributed by atoms with E-state index in [1.54, 1.807) is 14.2 Å². The largest absolute Gasteiger partial charge is 0.462 e. The summed E-state index contributed by atoms with van der Waals surface area (Å²) in [5, 5.41) is 0. The molecule has 0 fully saturated rings. The maximum absolute atomic E-state index is 13.3. The van der Waals surface area contributed by atoms with Crippen LogP contribution < -0.4 is 4.90 Å². The van der Waals surface area contributed by atoms with Gasteiger partial charge in [0.15, 0.2) is 12.3 Å². The van der Waals surface area contributed by atoms with Gasteiger partial charge in [0.05, 0.1) is 29.9 Å². The van der Waals surface area contributed by atoms with Crippen LogP contribution in [0.2, 0.25) is 0 Å². The van der Waals surface area contributed by atoms with Crippen LogP contribution in [0.4, 0.5) is 11.4 Å². The molecular formula is C55H66N3O6+. The molecule has 0 saturated carbocycles. The van der Waals surface area contributed by atoms with Crippen LogP contribution >= 0.6 is 0 Å². The Morgan fingerprint density at radius 1 is 0.797 bits per heavy atom. The van der Waals surface area contributed by atoms with Gasteiger partial charge in [-0.2, -0.15) is 0 Å². The van der Waals surface area contributed by atoms with Crippen molar-refractivity contribution in [2.45, 2.75) is 78.7 Å². The maximum atomic E-state index is 13.3. The smallest absolute Gasteiger partial charge is 0.338 e. The highest BCUT2D eigenvalue weighted by Gasteiger charge is 2.43. The van der Waals surface area contributed by atoms with E-state index in [9.17, 15) is 9.59 Å². The fourth-order valence-electron chi connectivity index (χ4n) is 9.89. The third kappa shape index (κ3) is 9.52. The first-order chi connectivity index (χ1) is 30.8. The van der Waals surface area contributed by atoms with Crippen LogP contribution in [-0.4, -0.2) is 81.9 Å². The highest BCUT2D eigenvalue weighted by Crippen LogP contribution is 2.52. The van der Waals surface area contributed by atoms with E-state index in [1.807, 2.05) is 12.1 Å². The Hall–Kier alpha value is -5.77. The number of hydrogen-bond donors (Lipinski definition) is 0. The molecule has 1 atom stereocenters. The van der Waals surface area contributed by atoms with Crippen LogP contribution in [0.1, 0.15) is 88.2 Å². The Morgan fingerprint density at radius 2 is 1.42 bits per heavy atom. The molecular weight excluding hydrogens is 799 g/mol. The minimum Gasteiger partial charge on any atom is -0.462 e. The zero-order chi connectivity index (χ0) is 45.6. The fourth-order valence-corrected chi connectivity index (χ4v) is 9.89. The van der Waals surface area contributed by atoms with Crippen molar-refractivity contribution in [2.24, 2.45) is 11.3 Å². The number of methoxy groups -OCH3 is 2. The van der Waals surface area contributed by atoms with Gasteiger partial charge in [0.1, 0.15) is 7.05 Å². The van der Waals surface area contributed by atoms with Gasteiger partial charge in [-0.05, 0) is 110 Å². The van der Waals surface area contributed by atoms with Gasteiger partial charge in [-0.15, -0.1) is 0 Å². The molecule has 7 rings (SSSR count). The number of nitrogens with zero attached hydrogens (tertiary/aromatic N) is 3. The van der Waals surface area contributed by atoms with Gasteiger partial charge < -0.3 is 28.7 Å². The van der Waals surface area contributed by atoms with E-state index < -0.39 is 0 Å². The van der Waals surface area contributed by atoms with Gasteiger partial charge in [0.25, 0.3) is 0 Å². The van der Waals surface area contributed by atoms with Gasteiger partial charge >= 0.3 is 11.9 Å². The normalized spacial score (nSPS) is 20.3. The molecule has 0 amide bonds. The molecule has 3 aromatic rings. The van der Waals surface area contributed by atoms with Gasteiger partial charge in [0, 0.05) is 92.7 Å². The Bertz CT molecular complexity index is 2410. The van der Waals surface area contributed by atoms with E-state index in [1.165, 1.54) is 45.1 Å². The molecule has 1 unspecified atom stereocenters. The van der Waals surface area contributed by atoms with E-state index in [0.717, 1.165) is 48.3 Å². The van der Waals surface area contributed by atoms with Gasteiger partial charge in [-0.25, -0.2) is 14.2 Å². The first-order valence-corrected chi connectivity index (χ1v) is 22.7. The maximum Gasteiger partial charge on any atom is 0.338 e. The van der Waals surface area contributed by atoms with Crippen molar-refractivity contribution in [3.05, 3.63) is 165 Å². The van der Waals surface area contributed by atoms with Crippen LogP contribution in [0.15, 0.2) is 149 Å². The summed E-state index contributed by atoms with van der Waals surface area (Å²) in [4.78, 5) is 31.2. The Morgan fingerprint density at radius 3 is 2.05 bits per heavy atom.